The van der Waals surface area contributed by atoms with Crippen molar-refractivity contribution in [2.75, 3.05) is 16.9 Å². The largest absolute Gasteiger partial charge is 0.368 e. The summed E-state index contributed by atoms with van der Waals surface area (Å²) in [6.45, 7) is -0.295. The number of amides is 3. The zero-order valence-corrected chi connectivity index (χ0v) is 17.3. The number of carbonyl (C=O) groups is 3. The predicted molar refractivity (Wildman–Crippen MR) is 119 cm³/mol. The number of halogens is 1. The molecule has 0 radical (unpaired) electrons. The van der Waals surface area contributed by atoms with Crippen LogP contribution in [-0.4, -0.2) is 45.8 Å². The lowest BCUT2D eigenvalue weighted by atomic mass is 10.1. The van der Waals surface area contributed by atoms with Crippen molar-refractivity contribution in [3.63, 3.8) is 0 Å². The van der Waals surface area contributed by atoms with E-state index < -0.39 is 29.6 Å². The van der Waals surface area contributed by atoms with E-state index in [0.29, 0.717) is 11.4 Å². The highest BCUT2D eigenvalue weighted by Crippen LogP contribution is 2.25. The molecule has 1 unspecified atom stereocenters. The van der Waals surface area contributed by atoms with Gasteiger partial charge in [-0.2, -0.15) is 10.2 Å². The molecule has 4 N–H and O–H groups in total. The minimum absolute atomic E-state index is 0.0327. The van der Waals surface area contributed by atoms with Gasteiger partial charge in [-0.25, -0.2) is 9.07 Å². The Morgan fingerprint density at radius 3 is 2.39 bits per heavy atom. The van der Waals surface area contributed by atoms with E-state index in [2.05, 4.69) is 20.8 Å². The van der Waals surface area contributed by atoms with Crippen molar-refractivity contribution in [1.29, 1.82) is 0 Å². The quantitative estimate of drug-likeness (QED) is 0.498. The molecule has 10 nitrogen and oxygen atoms in total. The maximum atomic E-state index is 13.2. The molecule has 4 rings (SSSR count). The number of aromatic nitrogens is 2. The van der Waals surface area contributed by atoms with Gasteiger partial charge in [-0.05, 0) is 54.6 Å². The highest BCUT2D eigenvalue weighted by molar-refractivity contribution is 6.40. The van der Waals surface area contributed by atoms with Gasteiger partial charge < -0.3 is 16.4 Å². The molecule has 1 aliphatic heterocycles. The van der Waals surface area contributed by atoms with Gasteiger partial charge in [0.2, 0.25) is 11.8 Å². The average molecular weight is 449 g/mol. The Bertz CT molecular complexity index is 1190. The van der Waals surface area contributed by atoms with E-state index in [9.17, 15) is 18.8 Å². The number of hydrazone groups is 1. The third-order valence-electron chi connectivity index (χ3n) is 4.92. The van der Waals surface area contributed by atoms with Crippen LogP contribution in [-0.2, 0) is 14.4 Å². The Labute approximate surface area is 187 Å². The molecule has 33 heavy (non-hydrogen) atoms. The molecule has 0 saturated heterocycles. The second kappa shape index (κ2) is 9.30. The fourth-order valence-corrected chi connectivity index (χ4v) is 3.29. The molecule has 1 aliphatic rings. The van der Waals surface area contributed by atoms with E-state index in [4.69, 9.17) is 5.73 Å². The molecule has 11 heteroatoms. The molecule has 0 aliphatic carbocycles. The second-order valence-electron chi connectivity index (χ2n) is 7.22. The molecular formula is C22H20FN7O3. The Morgan fingerprint density at radius 2 is 1.76 bits per heavy atom. The van der Waals surface area contributed by atoms with Crippen molar-refractivity contribution < 1.29 is 18.8 Å². The maximum absolute atomic E-state index is 13.2. The van der Waals surface area contributed by atoms with Crippen molar-refractivity contribution in [2.24, 2.45) is 10.8 Å². The lowest BCUT2D eigenvalue weighted by molar-refractivity contribution is -0.120. The first-order valence-electron chi connectivity index (χ1n) is 10.0. The van der Waals surface area contributed by atoms with Crippen LogP contribution in [0.5, 0.6) is 0 Å². The topological polar surface area (TPSA) is 135 Å². The summed E-state index contributed by atoms with van der Waals surface area (Å²) in [5.41, 5.74) is 7.28. The van der Waals surface area contributed by atoms with E-state index in [-0.39, 0.29) is 18.7 Å². The Kier molecular flexibility index (Phi) is 6.11. The van der Waals surface area contributed by atoms with Gasteiger partial charge in [0.25, 0.3) is 5.91 Å². The molecule has 0 bridgehead atoms. The van der Waals surface area contributed by atoms with E-state index >= 15 is 0 Å². The summed E-state index contributed by atoms with van der Waals surface area (Å²) in [4.78, 5) is 36.6. The molecule has 1 atom stereocenters. The van der Waals surface area contributed by atoms with Crippen molar-refractivity contribution >= 4 is 34.8 Å². The molecule has 2 aromatic carbocycles. The summed E-state index contributed by atoms with van der Waals surface area (Å²) in [5.74, 6) is -2.16. The molecule has 0 spiro atoms. The van der Waals surface area contributed by atoms with Crippen molar-refractivity contribution in [1.82, 2.24) is 15.1 Å². The maximum Gasteiger partial charge on any atom is 0.268 e. The zero-order valence-electron chi connectivity index (χ0n) is 17.3. The van der Waals surface area contributed by atoms with Crippen LogP contribution in [0.15, 0.2) is 72.1 Å². The van der Waals surface area contributed by atoms with Gasteiger partial charge in [-0.15, -0.1) is 0 Å². The lowest BCUT2D eigenvalue weighted by Gasteiger charge is -2.20. The number of primary amides is 1. The summed E-state index contributed by atoms with van der Waals surface area (Å²) < 4.78 is 14.9. The van der Waals surface area contributed by atoms with Gasteiger partial charge in [0.1, 0.15) is 17.6 Å². The lowest BCUT2D eigenvalue weighted by Crippen LogP contribution is -2.40. The number of benzene rings is 2. The zero-order chi connectivity index (χ0) is 23.4. The van der Waals surface area contributed by atoms with Crippen molar-refractivity contribution in [3.05, 3.63) is 72.8 Å². The Morgan fingerprint density at radius 1 is 1.06 bits per heavy atom. The van der Waals surface area contributed by atoms with Crippen LogP contribution in [0.4, 0.5) is 15.8 Å². The summed E-state index contributed by atoms with van der Waals surface area (Å²) in [6.07, 6.45) is 3.43. The van der Waals surface area contributed by atoms with Crippen molar-refractivity contribution in [3.8, 4) is 5.69 Å². The van der Waals surface area contributed by atoms with Gasteiger partial charge in [0.05, 0.1) is 17.9 Å². The van der Waals surface area contributed by atoms with Crippen LogP contribution in [0.3, 0.4) is 0 Å². The minimum Gasteiger partial charge on any atom is -0.368 e. The predicted octanol–water partition coefficient (Wildman–Crippen LogP) is 1.19. The number of rotatable bonds is 7. The molecular weight excluding hydrogens is 429 g/mol. The van der Waals surface area contributed by atoms with E-state index in [1.807, 2.05) is 0 Å². The molecule has 168 valence electrons. The third-order valence-corrected chi connectivity index (χ3v) is 4.92. The first-order chi connectivity index (χ1) is 15.9. The van der Waals surface area contributed by atoms with E-state index in [1.54, 1.807) is 47.4 Å². The van der Waals surface area contributed by atoms with E-state index in [0.717, 1.165) is 5.69 Å². The second-order valence-corrected chi connectivity index (χ2v) is 7.22. The SMILES string of the molecule is NC(=O)C1CC(C(=O)NCC(=O)Nc2ccc(-n3cccn3)cc2)=NN1c1ccc(F)cc1. The summed E-state index contributed by atoms with van der Waals surface area (Å²) in [5, 5.41) is 14.7. The van der Waals surface area contributed by atoms with Gasteiger partial charge >= 0.3 is 0 Å². The first-order valence-corrected chi connectivity index (χ1v) is 10.0. The standard InChI is InChI=1S/C22H20FN7O3/c23-14-2-6-17(7-3-14)30-19(21(24)32)12-18(28-30)22(33)25-13-20(31)27-15-4-8-16(9-5-15)29-11-1-10-26-29/h1-11,19H,12-13H2,(H2,24,32)(H,25,33)(H,27,31). The smallest absolute Gasteiger partial charge is 0.268 e. The fraction of sp³-hybridized carbons (Fsp3) is 0.136. The number of anilines is 2. The van der Waals surface area contributed by atoms with Crippen LogP contribution >= 0.6 is 0 Å². The summed E-state index contributed by atoms with van der Waals surface area (Å²) in [6, 6.07) is 13.2. The fourth-order valence-electron chi connectivity index (χ4n) is 3.29. The van der Waals surface area contributed by atoms with Gasteiger partial charge in [-0.3, -0.25) is 19.4 Å². The molecule has 3 aromatic rings. The molecule has 3 amide bonds. The van der Waals surface area contributed by atoms with Crippen molar-refractivity contribution in [2.45, 2.75) is 12.5 Å². The van der Waals surface area contributed by atoms with Gasteiger partial charge in [0.15, 0.2) is 0 Å². The van der Waals surface area contributed by atoms with Crippen LogP contribution in [0, 0.1) is 5.82 Å². The highest BCUT2D eigenvalue weighted by atomic mass is 19.1. The molecule has 1 aromatic heterocycles. The molecule has 0 saturated carbocycles. The number of hydrogen-bond acceptors (Lipinski definition) is 6. The Hall–Kier alpha value is -4.54. The number of hydrogen-bond donors (Lipinski definition) is 3. The van der Waals surface area contributed by atoms with Gasteiger partial charge in [0, 0.05) is 24.5 Å². The first kappa shape index (κ1) is 21.7. The van der Waals surface area contributed by atoms with Crippen LogP contribution in [0.25, 0.3) is 5.69 Å². The molecule has 0 fully saturated rings. The monoisotopic (exact) mass is 449 g/mol. The number of carbonyl (C=O) groups excluding carboxylic acids is 3. The Balaban J connectivity index is 1.34. The number of nitrogens with zero attached hydrogens (tertiary/aromatic N) is 4. The number of nitrogens with two attached hydrogens (primary N) is 1. The van der Waals surface area contributed by atoms with Crippen LogP contribution < -0.4 is 21.4 Å². The third kappa shape index (κ3) is 5.03. The average Bonchev–Trinajstić information content (AvgIpc) is 3.49. The highest BCUT2D eigenvalue weighted by Gasteiger charge is 2.35. The van der Waals surface area contributed by atoms with Crippen LogP contribution in [0.2, 0.25) is 0 Å². The number of nitrogens with one attached hydrogen (secondary N) is 2. The van der Waals surface area contributed by atoms with Gasteiger partial charge in [-0.1, -0.05) is 0 Å². The summed E-state index contributed by atoms with van der Waals surface area (Å²) >= 11 is 0. The minimum atomic E-state index is -0.890. The molecule has 2 heterocycles. The normalized spacial score (nSPS) is 15.1. The summed E-state index contributed by atoms with van der Waals surface area (Å²) in [7, 11) is 0. The van der Waals surface area contributed by atoms with Crippen LogP contribution in [0.1, 0.15) is 6.42 Å². The van der Waals surface area contributed by atoms with E-state index in [1.165, 1.54) is 29.3 Å².